The van der Waals surface area contributed by atoms with Crippen LogP contribution in [-0.4, -0.2) is 23.0 Å². The standard InChI is InChI=1S/C7H9N3O2/c1-12-4-5-6(7(8)11)10-3-2-9-5/h2-3H,4H2,1H3,(H2,8,11). The SMILES string of the molecule is COCc1nccnc1C(N)=O. The van der Waals surface area contributed by atoms with Crippen LogP contribution in [0.3, 0.4) is 0 Å². The first-order chi connectivity index (χ1) is 5.75. The first kappa shape index (κ1) is 8.61. The summed E-state index contributed by atoms with van der Waals surface area (Å²) in [4.78, 5) is 18.4. The molecule has 12 heavy (non-hydrogen) atoms. The molecule has 0 radical (unpaired) electrons. The molecule has 5 heteroatoms. The predicted octanol–water partition coefficient (Wildman–Crippen LogP) is -0.278. The molecule has 1 aromatic rings. The molecule has 1 rings (SSSR count). The van der Waals surface area contributed by atoms with Gasteiger partial charge in [-0.05, 0) is 0 Å². The van der Waals surface area contributed by atoms with E-state index in [0.717, 1.165) is 0 Å². The molecule has 1 amide bonds. The molecule has 0 bridgehead atoms. The lowest BCUT2D eigenvalue weighted by Gasteiger charge is -2.01. The molecule has 0 aliphatic rings. The second-order valence-corrected chi connectivity index (χ2v) is 2.15. The number of nitrogens with two attached hydrogens (primary N) is 1. The molecular weight excluding hydrogens is 158 g/mol. The summed E-state index contributed by atoms with van der Waals surface area (Å²) in [6, 6.07) is 0. The zero-order chi connectivity index (χ0) is 8.97. The van der Waals surface area contributed by atoms with Crippen LogP contribution in [-0.2, 0) is 11.3 Å². The van der Waals surface area contributed by atoms with Crippen molar-refractivity contribution in [2.75, 3.05) is 7.11 Å². The average Bonchev–Trinajstić information content (AvgIpc) is 2.05. The van der Waals surface area contributed by atoms with E-state index in [4.69, 9.17) is 10.5 Å². The van der Waals surface area contributed by atoms with Crippen molar-refractivity contribution in [3.05, 3.63) is 23.8 Å². The van der Waals surface area contributed by atoms with Crippen molar-refractivity contribution in [1.82, 2.24) is 9.97 Å². The number of carbonyl (C=O) groups is 1. The predicted molar refractivity (Wildman–Crippen MR) is 41.3 cm³/mol. The van der Waals surface area contributed by atoms with Crippen molar-refractivity contribution in [3.63, 3.8) is 0 Å². The maximum Gasteiger partial charge on any atom is 0.269 e. The molecule has 0 spiro atoms. The van der Waals surface area contributed by atoms with Gasteiger partial charge in [-0.1, -0.05) is 0 Å². The van der Waals surface area contributed by atoms with E-state index in [2.05, 4.69) is 9.97 Å². The van der Waals surface area contributed by atoms with Crippen LogP contribution in [0.25, 0.3) is 0 Å². The van der Waals surface area contributed by atoms with Crippen LogP contribution < -0.4 is 5.73 Å². The highest BCUT2D eigenvalue weighted by Gasteiger charge is 2.09. The highest BCUT2D eigenvalue weighted by Crippen LogP contribution is 2.01. The fourth-order valence-electron chi connectivity index (χ4n) is 0.815. The number of hydrogen-bond donors (Lipinski definition) is 1. The zero-order valence-corrected chi connectivity index (χ0v) is 6.65. The Morgan fingerprint density at radius 3 is 2.83 bits per heavy atom. The third-order valence-corrected chi connectivity index (χ3v) is 1.29. The van der Waals surface area contributed by atoms with Crippen molar-refractivity contribution >= 4 is 5.91 Å². The van der Waals surface area contributed by atoms with Gasteiger partial charge in [0.25, 0.3) is 5.91 Å². The number of primary amides is 1. The summed E-state index contributed by atoms with van der Waals surface area (Å²) in [7, 11) is 1.51. The molecule has 2 N–H and O–H groups in total. The molecule has 1 heterocycles. The first-order valence-corrected chi connectivity index (χ1v) is 3.34. The lowest BCUT2D eigenvalue weighted by Crippen LogP contribution is -2.17. The van der Waals surface area contributed by atoms with Crippen molar-refractivity contribution in [2.45, 2.75) is 6.61 Å². The molecule has 5 nitrogen and oxygen atoms in total. The Hall–Kier alpha value is -1.49. The summed E-state index contributed by atoms with van der Waals surface area (Å²) >= 11 is 0. The van der Waals surface area contributed by atoms with Gasteiger partial charge in [0.1, 0.15) is 0 Å². The average molecular weight is 167 g/mol. The van der Waals surface area contributed by atoms with Crippen molar-refractivity contribution < 1.29 is 9.53 Å². The molecule has 0 aromatic carbocycles. The van der Waals surface area contributed by atoms with Gasteiger partial charge in [-0.3, -0.25) is 9.78 Å². The molecule has 0 saturated heterocycles. The summed E-state index contributed by atoms with van der Waals surface area (Å²) in [6.45, 7) is 0.242. The molecule has 0 aliphatic carbocycles. The van der Waals surface area contributed by atoms with Crippen molar-refractivity contribution in [1.29, 1.82) is 0 Å². The molecule has 64 valence electrons. The minimum absolute atomic E-state index is 0.166. The van der Waals surface area contributed by atoms with E-state index >= 15 is 0 Å². The quantitative estimate of drug-likeness (QED) is 0.671. The van der Waals surface area contributed by atoms with Crippen LogP contribution in [0.2, 0.25) is 0 Å². The number of ether oxygens (including phenoxy) is 1. The Morgan fingerprint density at radius 1 is 1.58 bits per heavy atom. The zero-order valence-electron chi connectivity index (χ0n) is 6.65. The van der Waals surface area contributed by atoms with E-state index in [1.54, 1.807) is 0 Å². The first-order valence-electron chi connectivity index (χ1n) is 3.34. The number of aromatic nitrogens is 2. The van der Waals surface area contributed by atoms with Crippen LogP contribution in [0.5, 0.6) is 0 Å². The van der Waals surface area contributed by atoms with E-state index in [0.29, 0.717) is 5.69 Å². The minimum atomic E-state index is -0.588. The smallest absolute Gasteiger partial charge is 0.269 e. The largest absolute Gasteiger partial charge is 0.378 e. The number of amides is 1. The summed E-state index contributed by atoms with van der Waals surface area (Å²) < 4.78 is 4.81. The molecule has 0 fully saturated rings. The molecule has 0 atom stereocenters. The fourth-order valence-corrected chi connectivity index (χ4v) is 0.815. The third-order valence-electron chi connectivity index (χ3n) is 1.29. The fraction of sp³-hybridized carbons (Fsp3) is 0.286. The molecule has 0 saturated carbocycles. The lowest BCUT2D eigenvalue weighted by atomic mass is 10.3. The Labute approximate surface area is 69.6 Å². The second-order valence-electron chi connectivity index (χ2n) is 2.15. The van der Waals surface area contributed by atoms with Crippen LogP contribution in [0.4, 0.5) is 0 Å². The van der Waals surface area contributed by atoms with Gasteiger partial charge in [0.15, 0.2) is 5.69 Å². The number of rotatable bonds is 3. The second kappa shape index (κ2) is 3.77. The van der Waals surface area contributed by atoms with Gasteiger partial charge in [-0.2, -0.15) is 0 Å². The highest BCUT2D eigenvalue weighted by atomic mass is 16.5. The van der Waals surface area contributed by atoms with Crippen molar-refractivity contribution in [2.24, 2.45) is 5.73 Å². The van der Waals surface area contributed by atoms with Gasteiger partial charge in [-0.25, -0.2) is 4.98 Å². The Bertz CT molecular complexity index is 288. The summed E-state index contributed by atoms with van der Waals surface area (Å²) in [5.41, 5.74) is 5.68. The van der Waals surface area contributed by atoms with E-state index in [1.807, 2.05) is 0 Å². The van der Waals surface area contributed by atoms with Gasteiger partial charge >= 0.3 is 0 Å². The van der Waals surface area contributed by atoms with Gasteiger partial charge < -0.3 is 10.5 Å². The summed E-state index contributed by atoms with van der Waals surface area (Å²) in [5.74, 6) is -0.588. The van der Waals surface area contributed by atoms with Crippen LogP contribution in [0, 0.1) is 0 Å². The topological polar surface area (TPSA) is 78.1 Å². The van der Waals surface area contributed by atoms with Crippen LogP contribution >= 0.6 is 0 Å². The van der Waals surface area contributed by atoms with Gasteiger partial charge in [-0.15, -0.1) is 0 Å². The van der Waals surface area contributed by atoms with E-state index in [9.17, 15) is 4.79 Å². The molecule has 1 aromatic heterocycles. The number of carbonyl (C=O) groups excluding carboxylic acids is 1. The minimum Gasteiger partial charge on any atom is -0.378 e. The number of hydrogen-bond acceptors (Lipinski definition) is 4. The summed E-state index contributed by atoms with van der Waals surface area (Å²) in [5, 5.41) is 0. The van der Waals surface area contributed by atoms with Crippen LogP contribution in [0.15, 0.2) is 12.4 Å². The molecule has 0 aliphatic heterocycles. The summed E-state index contributed by atoms with van der Waals surface area (Å²) in [6.07, 6.45) is 2.90. The lowest BCUT2D eigenvalue weighted by molar-refractivity contribution is 0.0989. The molecular formula is C7H9N3O2. The van der Waals surface area contributed by atoms with E-state index in [1.165, 1.54) is 19.5 Å². The number of nitrogens with zero attached hydrogens (tertiary/aromatic N) is 2. The Kier molecular flexibility index (Phi) is 2.71. The van der Waals surface area contributed by atoms with E-state index < -0.39 is 5.91 Å². The van der Waals surface area contributed by atoms with Gasteiger partial charge in [0.2, 0.25) is 0 Å². The normalized spacial score (nSPS) is 9.75. The van der Waals surface area contributed by atoms with E-state index in [-0.39, 0.29) is 12.3 Å². The third kappa shape index (κ3) is 1.76. The maximum atomic E-state index is 10.8. The maximum absolute atomic E-state index is 10.8. The van der Waals surface area contributed by atoms with Gasteiger partial charge in [0.05, 0.1) is 12.3 Å². The number of methoxy groups -OCH3 is 1. The van der Waals surface area contributed by atoms with Crippen molar-refractivity contribution in [3.8, 4) is 0 Å². The molecule has 0 unspecified atom stereocenters. The van der Waals surface area contributed by atoms with Gasteiger partial charge in [0, 0.05) is 19.5 Å². The monoisotopic (exact) mass is 167 g/mol. The highest BCUT2D eigenvalue weighted by molar-refractivity contribution is 5.91. The Balaban J connectivity index is 3.00. The Morgan fingerprint density at radius 2 is 2.25 bits per heavy atom. The van der Waals surface area contributed by atoms with Crippen LogP contribution in [0.1, 0.15) is 16.2 Å².